The molecule has 0 aromatic heterocycles. The lowest BCUT2D eigenvalue weighted by atomic mass is 10.1. The first-order valence-corrected chi connectivity index (χ1v) is 8.64. The minimum atomic E-state index is -0.223. The van der Waals surface area contributed by atoms with Crippen molar-refractivity contribution in [2.45, 2.75) is 26.3 Å². The molecule has 6 heteroatoms. The summed E-state index contributed by atoms with van der Waals surface area (Å²) in [7, 11) is 2.13. The molecule has 1 aliphatic heterocycles. The number of likely N-dealkylation sites (N-methyl/N-ethyl adjacent to an activating group) is 1. The fourth-order valence-electron chi connectivity index (χ4n) is 2.99. The third-order valence-corrected chi connectivity index (χ3v) is 4.49. The lowest BCUT2D eigenvalue weighted by Crippen LogP contribution is -2.51. The summed E-state index contributed by atoms with van der Waals surface area (Å²) in [5.41, 5.74) is 1.97. The molecular weight excluding hydrogens is 307 g/mol. The van der Waals surface area contributed by atoms with Gasteiger partial charge in [0, 0.05) is 45.3 Å². The van der Waals surface area contributed by atoms with Crippen molar-refractivity contribution >= 4 is 6.03 Å². The quantitative estimate of drug-likeness (QED) is 0.830. The molecule has 1 aromatic carbocycles. The van der Waals surface area contributed by atoms with Gasteiger partial charge in [-0.2, -0.15) is 0 Å². The number of piperazine rings is 1. The van der Waals surface area contributed by atoms with Crippen LogP contribution in [0, 0.1) is 12.7 Å². The van der Waals surface area contributed by atoms with E-state index < -0.39 is 0 Å². The maximum Gasteiger partial charge on any atom is 0.315 e. The van der Waals surface area contributed by atoms with Gasteiger partial charge in [-0.1, -0.05) is 6.07 Å². The minimum absolute atomic E-state index is 0.112. The van der Waals surface area contributed by atoms with Gasteiger partial charge < -0.3 is 15.5 Å². The van der Waals surface area contributed by atoms with Crippen molar-refractivity contribution in [3.8, 4) is 0 Å². The highest BCUT2D eigenvalue weighted by molar-refractivity contribution is 5.74. The van der Waals surface area contributed by atoms with E-state index in [1.807, 2.05) is 13.8 Å². The van der Waals surface area contributed by atoms with Crippen molar-refractivity contribution in [2.24, 2.45) is 0 Å². The van der Waals surface area contributed by atoms with Crippen LogP contribution in [-0.4, -0.2) is 68.2 Å². The largest absolute Gasteiger partial charge is 0.338 e. The number of carbonyl (C=O) groups is 1. The molecule has 1 aromatic rings. The van der Waals surface area contributed by atoms with Gasteiger partial charge >= 0.3 is 6.03 Å². The molecule has 0 aliphatic carbocycles. The zero-order valence-corrected chi connectivity index (χ0v) is 14.9. The SMILES string of the molecule is Cc1cc(F)ccc1CCNC(=O)N[C@@H](C)CN1CCN(C)CC1. The standard InChI is InChI=1S/C18H29FN4O/c1-14-12-17(19)5-4-16(14)6-7-20-18(24)21-15(2)13-23-10-8-22(3)9-11-23/h4-5,12,15H,6-11,13H2,1-3H3,(H2,20,21,24)/t15-/m0/s1. The molecule has 134 valence electrons. The normalized spacial score (nSPS) is 17.5. The summed E-state index contributed by atoms with van der Waals surface area (Å²) in [4.78, 5) is 16.7. The Morgan fingerprint density at radius 3 is 2.67 bits per heavy atom. The number of urea groups is 1. The molecule has 0 bridgehead atoms. The first-order chi connectivity index (χ1) is 11.4. The van der Waals surface area contributed by atoms with E-state index in [0.717, 1.165) is 43.9 Å². The van der Waals surface area contributed by atoms with Crippen LogP contribution in [0.4, 0.5) is 9.18 Å². The number of hydrogen-bond donors (Lipinski definition) is 2. The van der Waals surface area contributed by atoms with Crippen molar-refractivity contribution in [1.29, 1.82) is 0 Å². The monoisotopic (exact) mass is 336 g/mol. The third kappa shape index (κ3) is 6.09. The Balaban J connectivity index is 1.65. The van der Waals surface area contributed by atoms with Crippen molar-refractivity contribution in [3.05, 3.63) is 35.1 Å². The molecule has 2 rings (SSSR count). The van der Waals surface area contributed by atoms with E-state index in [-0.39, 0.29) is 17.9 Å². The molecule has 0 radical (unpaired) electrons. The van der Waals surface area contributed by atoms with Crippen molar-refractivity contribution in [1.82, 2.24) is 20.4 Å². The summed E-state index contributed by atoms with van der Waals surface area (Å²) in [6.07, 6.45) is 0.701. The summed E-state index contributed by atoms with van der Waals surface area (Å²) < 4.78 is 13.1. The number of nitrogens with zero attached hydrogens (tertiary/aromatic N) is 2. The molecule has 2 N–H and O–H groups in total. The molecule has 5 nitrogen and oxygen atoms in total. The van der Waals surface area contributed by atoms with Gasteiger partial charge in [-0.3, -0.25) is 4.90 Å². The Labute approximate surface area is 144 Å². The Morgan fingerprint density at radius 2 is 2.00 bits per heavy atom. The summed E-state index contributed by atoms with van der Waals surface area (Å²) in [6.45, 7) is 9.59. The van der Waals surface area contributed by atoms with Crippen LogP contribution in [0.15, 0.2) is 18.2 Å². The van der Waals surface area contributed by atoms with Gasteiger partial charge in [0.25, 0.3) is 0 Å². The second kappa shape index (κ2) is 8.99. The van der Waals surface area contributed by atoms with Crippen LogP contribution >= 0.6 is 0 Å². The summed E-state index contributed by atoms with van der Waals surface area (Å²) >= 11 is 0. The van der Waals surface area contributed by atoms with Gasteiger partial charge in [0.15, 0.2) is 0 Å². The van der Waals surface area contributed by atoms with Crippen LogP contribution in [0.5, 0.6) is 0 Å². The average molecular weight is 336 g/mol. The lowest BCUT2D eigenvalue weighted by Gasteiger charge is -2.34. The minimum Gasteiger partial charge on any atom is -0.338 e. The molecular formula is C18H29FN4O. The number of carbonyl (C=O) groups excluding carboxylic acids is 1. The zero-order chi connectivity index (χ0) is 17.5. The van der Waals surface area contributed by atoms with Crippen molar-refractivity contribution in [3.63, 3.8) is 0 Å². The van der Waals surface area contributed by atoms with Gasteiger partial charge in [0.2, 0.25) is 0 Å². The Kier molecular flexibility index (Phi) is 6.99. The molecule has 0 unspecified atom stereocenters. The van der Waals surface area contributed by atoms with E-state index in [2.05, 4.69) is 27.5 Å². The molecule has 1 saturated heterocycles. The number of rotatable bonds is 6. The van der Waals surface area contributed by atoms with Gasteiger partial charge in [0.05, 0.1) is 0 Å². The van der Waals surface area contributed by atoms with Crippen LogP contribution in [0.1, 0.15) is 18.1 Å². The summed E-state index contributed by atoms with van der Waals surface area (Å²) in [6, 6.07) is 4.73. The highest BCUT2D eigenvalue weighted by Gasteiger charge is 2.16. The molecule has 1 aliphatic rings. The fourth-order valence-corrected chi connectivity index (χ4v) is 2.99. The van der Waals surface area contributed by atoms with E-state index in [9.17, 15) is 9.18 Å². The van der Waals surface area contributed by atoms with E-state index >= 15 is 0 Å². The Morgan fingerprint density at radius 1 is 1.29 bits per heavy atom. The maximum atomic E-state index is 13.1. The highest BCUT2D eigenvalue weighted by atomic mass is 19.1. The predicted molar refractivity (Wildman–Crippen MR) is 94.8 cm³/mol. The highest BCUT2D eigenvalue weighted by Crippen LogP contribution is 2.10. The first-order valence-electron chi connectivity index (χ1n) is 8.64. The van der Waals surface area contributed by atoms with Crippen LogP contribution < -0.4 is 10.6 Å². The number of aryl methyl sites for hydroxylation is 1. The maximum absolute atomic E-state index is 13.1. The van der Waals surface area contributed by atoms with Crippen LogP contribution in [0.3, 0.4) is 0 Å². The lowest BCUT2D eigenvalue weighted by molar-refractivity contribution is 0.144. The molecule has 1 heterocycles. The van der Waals surface area contributed by atoms with E-state index in [1.165, 1.54) is 12.1 Å². The van der Waals surface area contributed by atoms with Gasteiger partial charge in [0.1, 0.15) is 5.82 Å². The van der Waals surface area contributed by atoms with E-state index in [0.29, 0.717) is 13.0 Å². The number of halogens is 1. The van der Waals surface area contributed by atoms with Gasteiger partial charge in [-0.15, -0.1) is 0 Å². The Hall–Kier alpha value is -1.66. The van der Waals surface area contributed by atoms with Crippen LogP contribution in [0.25, 0.3) is 0 Å². The predicted octanol–water partition coefficient (Wildman–Crippen LogP) is 1.61. The zero-order valence-electron chi connectivity index (χ0n) is 14.9. The second-order valence-corrected chi connectivity index (χ2v) is 6.73. The number of nitrogens with one attached hydrogen (secondary N) is 2. The fraction of sp³-hybridized carbons (Fsp3) is 0.611. The Bertz CT molecular complexity index is 544. The van der Waals surface area contributed by atoms with Crippen LogP contribution in [-0.2, 0) is 6.42 Å². The number of hydrogen-bond acceptors (Lipinski definition) is 3. The molecule has 0 saturated carbocycles. The summed E-state index contributed by atoms with van der Waals surface area (Å²) in [5.74, 6) is -0.223. The van der Waals surface area contributed by atoms with Crippen molar-refractivity contribution < 1.29 is 9.18 Å². The molecule has 1 atom stereocenters. The van der Waals surface area contributed by atoms with Gasteiger partial charge in [-0.25, -0.2) is 9.18 Å². The second-order valence-electron chi connectivity index (χ2n) is 6.73. The third-order valence-electron chi connectivity index (χ3n) is 4.49. The molecule has 0 spiro atoms. The topological polar surface area (TPSA) is 47.6 Å². The molecule has 1 fully saturated rings. The molecule has 2 amide bonds. The number of amides is 2. The average Bonchev–Trinajstić information content (AvgIpc) is 2.51. The van der Waals surface area contributed by atoms with Gasteiger partial charge in [-0.05, 0) is 50.6 Å². The van der Waals surface area contributed by atoms with E-state index in [1.54, 1.807) is 6.07 Å². The molecule has 24 heavy (non-hydrogen) atoms. The number of benzene rings is 1. The smallest absolute Gasteiger partial charge is 0.315 e. The van der Waals surface area contributed by atoms with Crippen LogP contribution in [0.2, 0.25) is 0 Å². The summed E-state index contributed by atoms with van der Waals surface area (Å²) in [5, 5.41) is 5.86. The first kappa shape index (κ1) is 18.7. The van der Waals surface area contributed by atoms with E-state index in [4.69, 9.17) is 0 Å². The van der Waals surface area contributed by atoms with Crippen molar-refractivity contribution in [2.75, 3.05) is 46.3 Å².